The number of hydrogen-bond donors (Lipinski definition) is 2. The maximum Gasteiger partial charge on any atom is 0.234 e. The second-order valence-electron chi connectivity index (χ2n) is 4.37. The van der Waals surface area contributed by atoms with E-state index in [-0.39, 0.29) is 5.91 Å². The van der Waals surface area contributed by atoms with Crippen LogP contribution in [0, 0.1) is 5.92 Å². The Morgan fingerprint density at radius 2 is 2.44 bits per heavy atom. The van der Waals surface area contributed by atoms with Crippen molar-refractivity contribution in [3.8, 4) is 0 Å². The molecule has 0 aliphatic heterocycles. The summed E-state index contributed by atoms with van der Waals surface area (Å²) in [6.07, 6.45) is 6.28. The minimum absolute atomic E-state index is 0.0458. The fourth-order valence-electron chi connectivity index (χ4n) is 1.54. The summed E-state index contributed by atoms with van der Waals surface area (Å²) in [5.74, 6) is 0.857. The molecule has 1 aliphatic rings. The first-order valence-corrected chi connectivity index (χ1v) is 5.69. The highest BCUT2D eigenvalue weighted by molar-refractivity contribution is 5.77. The number of nitrogens with zero attached hydrogens (tertiary/aromatic N) is 2. The van der Waals surface area contributed by atoms with Crippen LogP contribution in [0.5, 0.6) is 0 Å². The van der Waals surface area contributed by atoms with Gasteiger partial charge in [0.25, 0.3) is 0 Å². The third-order valence-corrected chi connectivity index (χ3v) is 2.66. The summed E-state index contributed by atoms with van der Waals surface area (Å²) in [5, 5.41) is 10.0. The Morgan fingerprint density at radius 3 is 3.06 bits per heavy atom. The molecule has 0 bridgehead atoms. The molecule has 5 nitrogen and oxygen atoms in total. The van der Waals surface area contributed by atoms with E-state index in [2.05, 4.69) is 15.7 Å². The van der Waals surface area contributed by atoms with Gasteiger partial charge in [-0.05, 0) is 25.3 Å². The molecule has 0 radical (unpaired) electrons. The number of amides is 1. The first-order chi connectivity index (χ1) is 7.74. The van der Waals surface area contributed by atoms with Gasteiger partial charge in [0.15, 0.2) is 0 Å². The first kappa shape index (κ1) is 11.1. The standard InChI is InChI=1S/C11H18N4O/c1-15-8-10(6-14-15)5-13-11(16)7-12-4-9-2-3-9/h6,8-9,12H,2-5,7H2,1H3,(H,13,16). The average molecular weight is 222 g/mol. The molecule has 0 aromatic carbocycles. The smallest absolute Gasteiger partial charge is 0.234 e. The number of rotatable bonds is 6. The Labute approximate surface area is 95.2 Å². The van der Waals surface area contributed by atoms with Crippen LogP contribution in [0.3, 0.4) is 0 Å². The number of aryl methyl sites for hydroxylation is 1. The summed E-state index contributed by atoms with van der Waals surface area (Å²) in [6, 6.07) is 0. The van der Waals surface area contributed by atoms with Crippen LogP contribution in [0.15, 0.2) is 12.4 Å². The SMILES string of the molecule is Cn1cc(CNC(=O)CNCC2CC2)cn1. The van der Waals surface area contributed by atoms with Gasteiger partial charge < -0.3 is 10.6 Å². The van der Waals surface area contributed by atoms with Gasteiger partial charge in [0.1, 0.15) is 0 Å². The molecule has 1 saturated carbocycles. The molecule has 0 spiro atoms. The predicted molar refractivity (Wildman–Crippen MR) is 60.6 cm³/mol. The highest BCUT2D eigenvalue weighted by Crippen LogP contribution is 2.27. The van der Waals surface area contributed by atoms with Crippen molar-refractivity contribution in [2.45, 2.75) is 19.4 Å². The lowest BCUT2D eigenvalue weighted by Crippen LogP contribution is -2.34. The van der Waals surface area contributed by atoms with Crippen LogP contribution >= 0.6 is 0 Å². The second kappa shape index (κ2) is 5.12. The highest BCUT2D eigenvalue weighted by Gasteiger charge is 2.20. The average Bonchev–Trinajstić information content (AvgIpc) is 2.98. The summed E-state index contributed by atoms with van der Waals surface area (Å²) in [7, 11) is 1.86. The molecule has 2 rings (SSSR count). The Balaban J connectivity index is 1.59. The summed E-state index contributed by atoms with van der Waals surface area (Å²) < 4.78 is 1.73. The molecular weight excluding hydrogens is 204 g/mol. The molecule has 0 saturated heterocycles. The summed E-state index contributed by atoms with van der Waals surface area (Å²) in [4.78, 5) is 11.4. The van der Waals surface area contributed by atoms with Crippen LogP contribution in [-0.4, -0.2) is 28.8 Å². The number of aromatic nitrogens is 2. The molecule has 1 amide bonds. The van der Waals surface area contributed by atoms with E-state index in [0.717, 1.165) is 18.0 Å². The fraction of sp³-hybridized carbons (Fsp3) is 0.636. The molecule has 0 atom stereocenters. The molecule has 5 heteroatoms. The van der Waals surface area contributed by atoms with E-state index < -0.39 is 0 Å². The van der Waals surface area contributed by atoms with Crippen molar-refractivity contribution in [2.24, 2.45) is 13.0 Å². The highest BCUT2D eigenvalue weighted by atomic mass is 16.1. The Morgan fingerprint density at radius 1 is 1.62 bits per heavy atom. The van der Waals surface area contributed by atoms with Crippen molar-refractivity contribution in [3.05, 3.63) is 18.0 Å². The zero-order chi connectivity index (χ0) is 11.4. The number of carbonyl (C=O) groups is 1. The van der Waals surface area contributed by atoms with Gasteiger partial charge in [-0.1, -0.05) is 0 Å². The molecule has 1 heterocycles. The minimum atomic E-state index is 0.0458. The Kier molecular flexibility index (Phi) is 3.56. The predicted octanol–water partition coefficient (Wildman–Crippen LogP) is 0.0359. The number of hydrogen-bond acceptors (Lipinski definition) is 3. The van der Waals surface area contributed by atoms with Crippen molar-refractivity contribution >= 4 is 5.91 Å². The number of nitrogens with one attached hydrogen (secondary N) is 2. The molecule has 2 N–H and O–H groups in total. The van der Waals surface area contributed by atoms with Gasteiger partial charge in [0.05, 0.1) is 12.7 Å². The lowest BCUT2D eigenvalue weighted by molar-refractivity contribution is -0.120. The van der Waals surface area contributed by atoms with Gasteiger partial charge in [0.2, 0.25) is 5.91 Å². The van der Waals surface area contributed by atoms with Gasteiger partial charge in [-0.2, -0.15) is 5.10 Å². The molecule has 0 unspecified atom stereocenters. The number of carbonyl (C=O) groups excluding carboxylic acids is 1. The van der Waals surface area contributed by atoms with Crippen LogP contribution in [-0.2, 0) is 18.4 Å². The quantitative estimate of drug-likeness (QED) is 0.714. The second-order valence-corrected chi connectivity index (χ2v) is 4.37. The topological polar surface area (TPSA) is 59.0 Å². The van der Waals surface area contributed by atoms with Gasteiger partial charge in [-0.15, -0.1) is 0 Å². The molecule has 1 fully saturated rings. The Hall–Kier alpha value is -1.36. The van der Waals surface area contributed by atoms with Gasteiger partial charge in [-0.25, -0.2) is 0 Å². The van der Waals surface area contributed by atoms with Crippen molar-refractivity contribution in [3.63, 3.8) is 0 Å². The third-order valence-electron chi connectivity index (χ3n) is 2.66. The molecule has 16 heavy (non-hydrogen) atoms. The van der Waals surface area contributed by atoms with E-state index in [4.69, 9.17) is 0 Å². The molecule has 1 aliphatic carbocycles. The van der Waals surface area contributed by atoms with E-state index in [1.54, 1.807) is 10.9 Å². The van der Waals surface area contributed by atoms with E-state index in [1.165, 1.54) is 12.8 Å². The van der Waals surface area contributed by atoms with E-state index >= 15 is 0 Å². The molecule has 88 valence electrons. The lowest BCUT2D eigenvalue weighted by atomic mass is 10.3. The van der Waals surface area contributed by atoms with Crippen LogP contribution in [0.2, 0.25) is 0 Å². The zero-order valence-corrected chi connectivity index (χ0v) is 9.57. The summed E-state index contributed by atoms with van der Waals surface area (Å²) in [5.41, 5.74) is 1.03. The van der Waals surface area contributed by atoms with Crippen molar-refractivity contribution in [2.75, 3.05) is 13.1 Å². The van der Waals surface area contributed by atoms with E-state index in [9.17, 15) is 4.79 Å². The van der Waals surface area contributed by atoms with Crippen LogP contribution in [0.1, 0.15) is 18.4 Å². The van der Waals surface area contributed by atoms with Crippen molar-refractivity contribution in [1.82, 2.24) is 20.4 Å². The fourth-order valence-corrected chi connectivity index (χ4v) is 1.54. The van der Waals surface area contributed by atoms with Gasteiger partial charge in [0, 0.05) is 25.4 Å². The molecular formula is C11H18N4O. The van der Waals surface area contributed by atoms with Crippen molar-refractivity contribution in [1.29, 1.82) is 0 Å². The van der Waals surface area contributed by atoms with Crippen LogP contribution < -0.4 is 10.6 Å². The lowest BCUT2D eigenvalue weighted by Gasteiger charge is -2.04. The van der Waals surface area contributed by atoms with Gasteiger partial charge in [-0.3, -0.25) is 9.48 Å². The van der Waals surface area contributed by atoms with Gasteiger partial charge >= 0.3 is 0 Å². The maximum absolute atomic E-state index is 11.4. The van der Waals surface area contributed by atoms with Crippen molar-refractivity contribution < 1.29 is 4.79 Å². The normalized spacial score (nSPS) is 15.1. The third kappa shape index (κ3) is 3.66. The minimum Gasteiger partial charge on any atom is -0.351 e. The summed E-state index contributed by atoms with van der Waals surface area (Å²) in [6.45, 7) is 1.94. The summed E-state index contributed by atoms with van der Waals surface area (Å²) >= 11 is 0. The van der Waals surface area contributed by atoms with Crippen LogP contribution in [0.25, 0.3) is 0 Å². The maximum atomic E-state index is 11.4. The zero-order valence-electron chi connectivity index (χ0n) is 9.57. The van der Waals surface area contributed by atoms with Crippen LogP contribution in [0.4, 0.5) is 0 Å². The molecule has 1 aromatic heterocycles. The monoisotopic (exact) mass is 222 g/mol. The molecule has 1 aromatic rings. The Bertz CT molecular complexity index is 357. The largest absolute Gasteiger partial charge is 0.351 e. The first-order valence-electron chi connectivity index (χ1n) is 5.69. The van der Waals surface area contributed by atoms with E-state index in [1.807, 2.05) is 13.2 Å². The van der Waals surface area contributed by atoms with E-state index in [0.29, 0.717) is 13.1 Å².